The van der Waals surface area contributed by atoms with Crippen LogP contribution in [-0.4, -0.2) is 43.0 Å². The van der Waals surface area contributed by atoms with Gasteiger partial charge >= 0.3 is 0 Å². The molecule has 1 N–H and O–H groups in total. The van der Waals surface area contributed by atoms with Gasteiger partial charge in [0.15, 0.2) is 0 Å². The van der Waals surface area contributed by atoms with Crippen LogP contribution < -0.4 is 5.32 Å². The number of piperazine rings is 1. The van der Waals surface area contributed by atoms with Crippen molar-refractivity contribution in [2.24, 2.45) is 0 Å². The van der Waals surface area contributed by atoms with Gasteiger partial charge in [0.2, 0.25) is 0 Å². The third-order valence-electron chi connectivity index (χ3n) is 4.37. The molecule has 1 fully saturated rings. The van der Waals surface area contributed by atoms with Gasteiger partial charge in [0.1, 0.15) is 0 Å². The van der Waals surface area contributed by atoms with Crippen LogP contribution in [0, 0.1) is 0 Å². The summed E-state index contributed by atoms with van der Waals surface area (Å²) in [6, 6.07) is 16.7. The van der Waals surface area contributed by atoms with Crippen LogP contribution in [0.4, 0.5) is 5.69 Å². The van der Waals surface area contributed by atoms with Crippen molar-refractivity contribution >= 4 is 17.3 Å². The lowest BCUT2D eigenvalue weighted by atomic mass is 10.1. The highest BCUT2D eigenvalue weighted by molar-refractivity contribution is 6.30. The van der Waals surface area contributed by atoms with Crippen molar-refractivity contribution in [3.63, 3.8) is 0 Å². The molecule has 4 heteroatoms. The van der Waals surface area contributed by atoms with E-state index < -0.39 is 0 Å². The molecule has 23 heavy (non-hydrogen) atoms. The van der Waals surface area contributed by atoms with E-state index >= 15 is 0 Å². The molecule has 0 amide bonds. The lowest BCUT2D eigenvalue weighted by Gasteiger charge is -2.32. The molecule has 3 rings (SSSR count). The largest absolute Gasteiger partial charge is 0.381 e. The maximum atomic E-state index is 5.91. The Bertz CT molecular complexity index is 602. The number of likely N-dealkylation sites (N-methyl/N-ethyl adjacent to an activating group) is 1. The molecule has 0 aromatic heterocycles. The minimum absolute atomic E-state index is 0.780. The molecule has 0 aliphatic carbocycles. The molecule has 1 saturated heterocycles. The van der Waals surface area contributed by atoms with E-state index in [0.29, 0.717) is 0 Å². The van der Waals surface area contributed by atoms with E-state index in [2.05, 4.69) is 58.6 Å². The second-order valence-corrected chi connectivity index (χ2v) is 6.69. The van der Waals surface area contributed by atoms with Gasteiger partial charge in [0.25, 0.3) is 0 Å². The van der Waals surface area contributed by atoms with E-state index in [4.69, 9.17) is 11.6 Å². The number of hydrogen-bond acceptors (Lipinski definition) is 3. The quantitative estimate of drug-likeness (QED) is 0.902. The molecule has 2 aromatic carbocycles. The molecular formula is C19H24ClN3. The Hall–Kier alpha value is -1.55. The summed E-state index contributed by atoms with van der Waals surface area (Å²) >= 11 is 5.91. The first-order valence-corrected chi connectivity index (χ1v) is 8.55. The van der Waals surface area contributed by atoms with E-state index in [-0.39, 0.29) is 0 Å². The standard InChI is InChI=1S/C19H24ClN3/c1-22-10-12-23(13-11-22)15-17-4-8-19(9-5-17)21-14-16-2-6-18(20)7-3-16/h2-9,21H,10-15H2,1H3. The van der Waals surface area contributed by atoms with Gasteiger partial charge in [0.05, 0.1) is 0 Å². The average Bonchev–Trinajstić information content (AvgIpc) is 2.58. The lowest BCUT2D eigenvalue weighted by molar-refractivity contribution is 0.148. The average molecular weight is 330 g/mol. The fourth-order valence-corrected chi connectivity index (χ4v) is 2.92. The molecule has 1 aliphatic rings. The van der Waals surface area contributed by atoms with Gasteiger partial charge < -0.3 is 10.2 Å². The number of benzene rings is 2. The van der Waals surface area contributed by atoms with Crippen LogP contribution in [0.2, 0.25) is 5.02 Å². The number of anilines is 1. The molecule has 122 valence electrons. The van der Waals surface area contributed by atoms with E-state index in [0.717, 1.165) is 36.9 Å². The van der Waals surface area contributed by atoms with Gasteiger partial charge in [-0.3, -0.25) is 4.90 Å². The Labute approximate surface area is 143 Å². The molecule has 0 spiro atoms. The van der Waals surface area contributed by atoms with Gasteiger partial charge in [-0.1, -0.05) is 35.9 Å². The van der Waals surface area contributed by atoms with Crippen LogP contribution in [0.25, 0.3) is 0 Å². The Morgan fingerprint density at radius 1 is 0.870 bits per heavy atom. The minimum atomic E-state index is 0.780. The van der Waals surface area contributed by atoms with Gasteiger partial charge in [-0.25, -0.2) is 0 Å². The summed E-state index contributed by atoms with van der Waals surface area (Å²) in [5.41, 5.74) is 3.77. The van der Waals surface area contributed by atoms with Crippen molar-refractivity contribution in [3.8, 4) is 0 Å². The van der Waals surface area contributed by atoms with Crippen molar-refractivity contribution in [3.05, 3.63) is 64.7 Å². The first kappa shape index (κ1) is 16.3. The van der Waals surface area contributed by atoms with Crippen molar-refractivity contribution < 1.29 is 0 Å². The maximum Gasteiger partial charge on any atom is 0.0406 e. The Morgan fingerprint density at radius 3 is 2.13 bits per heavy atom. The summed E-state index contributed by atoms with van der Waals surface area (Å²) in [5.74, 6) is 0. The molecule has 0 saturated carbocycles. The van der Waals surface area contributed by atoms with E-state index in [1.807, 2.05) is 12.1 Å². The zero-order valence-electron chi connectivity index (χ0n) is 13.6. The first-order chi connectivity index (χ1) is 11.2. The number of hydrogen-bond donors (Lipinski definition) is 1. The van der Waals surface area contributed by atoms with E-state index in [9.17, 15) is 0 Å². The van der Waals surface area contributed by atoms with E-state index in [1.165, 1.54) is 24.2 Å². The highest BCUT2D eigenvalue weighted by Crippen LogP contribution is 2.15. The zero-order valence-corrected chi connectivity index (χ0v) is 14.4. The summed E-state index contributed by atoms with van der Waals surface area (Å²) in [7, 11) is 2.19. The number of halogens is 1. The Kier molecular flexibility index (Phi) is 5.55. The van der Waals surface area contributed by atoms with Crippen LogP contribution in [0.15, 0.2) is 48.5 Å². The highest BCUT2D eigenvalue weighted by atomic mass is 35.5. The fourth-order valence-electron chi connectivity index (χ4n) is 2.80. The molecule has 3 nitrogen and oxygen atoms in total. The molecule has 2 aromatic rings. The summed E-state index contributed by atoms with van der Waals surface area (Å²) in [4.78, 5) is 4.91. The third kappa shape index (κ3) is 4.96. The van der Waals surface area contributed by atoms with Crippen molar-refractivity contribution in [1.82, 2.24) is 9.80 Å². The first-order valence-electron chi connectivity index (χ1n) is 8.17. The Morgan fingerprint density at radius 2 is 1.48 bits per heavy atom. The molecular weight excluding hydrogens is 306 g/mol. The smallest absolute Gasteiger partial charge is 0.0406 e. The van der Waals surface area contributed by atoms with Gasteiger partial charge in [-0.2, -0.15) is 0 Å². The molecule has 1 heterocycles. The molecule has 0 unspecified atom stereocenters. The third-order valence-corrected chi connectivity index (χ3v) is 4.62. The molecule has 0 bridgehead atoms. The highest BCUT2D eigenvalue weighted by Gasteiger charge is 2.13. The second-order valence-electron chi connectivity index (χ2n) is 6.26. The lowest BCUT2D eigenvalue weighted by Crippen LogP contribution is -2.43. The summed E-state index contributed by atoms with van der Waals surface area (Å²) < 4.78 is 0. The Balaban J connectivity index is 1.49. The zero-order chi connectivity index (χ0) is 16.1. The van der Waals surface area contributed by atoms with Crippen molar-refractivity contribution in [2.45, 2.75) is 13.1 Å². The van der Waals surface area contributed by atoms with Crippen molar-refractivity contribution in [1.29, 1.82) is 0 Å². The molecule has 0 radical (unpaired) electrons. The summed E-state index contributed by atoms with van der Waals surface area (Å²) in [6.45, 7) is 6.52. The van der Waals surface area contributed by atoms with Crippen LogP contribution in [-0.2, 0) is 13.1 Å². The summed E-state index contributed by atoms with van der Waals surface area (Å²) in [5, 5.41) is 4.23. The maximum absolute atomic E-state index is 5.91. The minimum Gasteiger partial charge on any atom is -0.381 e. The van der Waals surface area contributed by atoms with E-state index in [1.54, 1.807) is 0 Å². The molecule has 1 aliphatic heterocycles. The summed E-state index contributed by atoms with van der Waals surface area (Å²) in [6.07, 6.45) is 0. The van der Waals surface area contributed by atoms with Gasteiger partial charge in [0, 0.05) is 50.0 Å². The van der Waals surface area contributed by atoms with Crippen LogP contribution in [0.3, 0.4) is 0 Å². The SMILES string of the molecule is CN1CCN(Cc2ccc(NCc3ccc(Cl)cc3)cc2)CC1. The number of nitrogens with one attached hydrogen (secondary N) is 1. The predicted molar refractivity (Wildman–Crippen MR) is 98.0 cm³/mol. The fraction of sp³-hybridized carbons (Fsp3) is 0.368. The topological polar surface area (TPSA) is 18.5 Å². The van der Waals surface area contributed by atoms with Crippen LogP contribution in [0.1, 0.15) is 11.1 Å². The van der Waals surface area contributed by atoms with Gasteiger partial charge in [-0.15, -0.1) is 0 Å². The number of rotatable bonds is 5. The van der Waals surface area contributed by atoms with Crippen LogP contribution in [0.5, 0.6) is 0 Å². The van der Waals surface area contributed by atoms with Crippen LogP contribution >= 0.6 is 11.6 Å². The van der Waals surface area contributed by atoms with Crippen molar-refractivity contribution in [2.75, 3.05) is 38.5 Å². The molecule has 0 atom stereocenters. The second kappa shape index (κ2) is 7.82. The number of nitrogens with zero attached hydrogens (tertiary/aromatic N) is 2. The van der Waals surface area contributed by atoms with Gasteiger partial charge in [-0.05, 0) is 42.4 Å². The monoisotopic (exact) mass is 329 g/mol. The normalized spacial score (nSPS) is 16.4. The predicted octanol–water partition coefficient (Wildman–Crippen LogP) is 3.70.